The summed E-state index contributed by atoms with van der Waals surface area (Å²) < 4.78 is 13.2. The van der Waals surface area contributed by atoms with Crippen LogP contribution in [0.2, 0.25) is 0 Å². The van der Waals surface area contributed by atoms with Crippen molar-refractivity contribution in [2.75, 3.05) is 11.4 Å². The molecule has 0 radical (unpaired) electrons. The molecule has 2 fully saturated rings. The van der Waals surface area contributed by atoms with Gasteiger partial charge in [0, 0.05) is 24.2 Å². The summed E-state index contributed by atoms with van der Waals surface area (Å²) in [5.74, 6) is 1.21. The first-order chi connectivity index (χ1) is 15.9. The lowest BCUT2D eigenvalue weighted by Gasteiger charge is -2.35. The molecule has 1 aromatic heterocycles. The van der Waals surface area contributed by atoms with E-state index in [-0.39, 0.29) is 17.5 Å². The number of allylic oxidation sites excluding steroid dienone is 1. The van der Waals surface area contributed by atoms with E-state index in [0.29, 0.717) is 17.4 Å². The Morgan fingerprint density at radius 2 is 1.97 bits per heavy atom. The minimum Gasteiger partial charge on any atom is -0.344 e. The molecule has 1 amide bonds. The zero-order valence-electron chi connectivity index (χ0n) is 18.2. The van der Waals surface area contributed by atoms with Gasteiger partial charge >= 0.3 is 0 Å². The molecule has 1 aromatic carbocycles. The molecule has 0 spiro atoms. The number of carbonyl (C=O) groups is 2. The Labute approximate surface area is 190 Å². The van der Waals surface area contributed by atoms with Crippen LogP contribution in [-0.4, -0.2) is 35.6 Å². The molecule has 2 saturated carbocycles. The Morgan fingerprint density at radius 1 is 1.18 bits per heavy atom. The van der Waals surface area contributed by atoms with Crippen molar-refractivity contribution in [2.24, 2.45) is 10.9 Å². The van der Waals surface area contributed by atoms with Crippen LogP contribution in [0.4, 0.5) is 10.1 Å². The number of aliphatic imine (C=N–C) groups is 1. The molecule has 3 heterocycles. The van der Waals surface area contributed by atoms with Crippen LogP contribution < -0.4 is 15.5 Å². The van der Waals surface area contributed by atoms with Crippen molar-refractivity contribution in [2.45, 2.75) is 43.8 Å². The van der Waals surface area contributed by atoms with E-state index in [4.69, 9.17) is 4.98 Å². The maximum absolute atomic E-state index is 13.2. The average Bonchev–Trinajstić information content (AvgIpc) is 3.74. The third-order valence-electron chi connectivity index (χ3n) is 7.01. The fourth-order valence-corrected chi connectivity index (χ4v) is 4.84. The van der Waals surface area contributed by atoms with E-state index in [2.05, 4.69) is 26.6 Å². The van der Waals surface area contributed by atoms with E-state index >= 15 is 0 Å². The van der Waals surface area contributed by atoms with Gasteiger partial charge in [0.05, 0.1) is 22.6 Å². The summed E-state index contributed by atoms with van der Waals surface area (Å²) in [4.78, 5) is 36.0. The highest BCUT2D eigenvalue weighted by Crippen LogP contribution is 2.55. The fourth-order valence-electron chi connectivity index (χ4n) is 4.84. The Bertz CT molecular complexity index is 1220. The first kappa shape index (κ1) is 20.1. The normalized spacial score (nSPS) is 25.8. The summed E-state index contributed by atoms with van der Waals surface area (Å²) in [6.07, 6.45) is 5.76. The molecular formula is C25H24FN5O2. The quantitative estimate of drug-likeness (QED) is 0.739. The van der Waals surface area contributed by atoms with E-state index in [9.17, 15) is 14.0 Å². The number of amides is 1. The van der Waals surface area contributed by atoms with Crippen LogP contribution in [0.5, 0.6) is 0 Å². The molecule has 0 bridgehead atoms. The highest BCUT2D eigenvalue weighted by atomic mass is 19.1. The Balaban J connectivity index is 1.27. The number of halogens is 1. The summed E-state index contributed by atoms with van der Waals surface area (Å²) in [5, 5.41) is 6.37. The Kier molecular flexibility index (Phi) is 4.40. The Morgan fingerprint density at radius 3 is 2.70 bits per heavy atom. The number of rotatable bonds is 5. The zero-order chi connectivity index (χ0) is 22.7. The number of Topliss-reactive ketones (excluding diaryl/α,β-unsaturated/α-hetero) is 1. The van der Waals surface area contributed by atoms with E-state index in [1.54, 1.807) is 6.21 Å². The molecule has 2 aromatic rings. The number of aromatic nitrogens is 1. The zero-order valence-corrected chi connectivity index (χ0v) is 18.2. The number of hydrogen-bond acceptors (Lipinski definition) is 6. The number of carbonyl (C=O) groups excluding carboxylic acids is 2. The highest BCUT2D eigenvalue weighted by molar-refractivity contribution is 5.95. The fraction of sp³-hybridized carbons (Fsp3) is 0.360. The highest BCUT2D eigenvalue weighted by Gasteiger charge is 2.51. The number of pyridine rings is 1. The van der Waals surface area contributed by atoms with E-state index in [1.165, 1.54) is 31.2 Å². The molecule has 0 saturated heterocycles. The number of benzene rings is 1. The average molecular weight is 445 g/mol. The van der Waals surface area contributed by atoms with Gasteiger partial charge in [-0.1, -0.05) is 0 Å². The van der Waals surface area contributed by atoms with E-state index < -0.39 is 11.7 Å². The van der Waals surface area contributed by atoms with E-state index in [1.807, 2.05) is 12.1 Å². The maximum atomic E-state index is 13.2. The van der Waals surface area contributed by atoms with Crippen molar-refractivity contribution < 1.29 is 14.0 Å². The summed E-state index contributed by atoms with van der Waals surface area (Å²) in [5.41, 5.74) is 2.93. The number of anilines is 1. The van der Waals surface area contributed by atoms with Crippen molar-refractivity contribution in [1.82, 2.24) is 15.6 Å². The van der Waals surface area contributed by atoms with Gasteiger partial charge in [-0.25, -0.2) is 4.39 Å². The minimum atomic E-state index is -0.561. The summed E-state index contributed by atoms with van der Waals surface area (Å²) in [7, 11) is 0. The molecule has 8 heteroatoms. The van der Waals surface area contributed by atoms with Gasteiger partial charge in [0.25, 0.3) is 5.91 Å². The number of ketones is 1. The number of nitrogens with one attached hydrogen (secondary N) is 2. The topological polar surface area (TPSA) is 86.7 Å². The third kappa shape index (κ3) is 3.50. The Hall–Kier alpha value is -3.55. The first-order valence-electron chi connectivity index (χ1n) is 11.3. The first-order valence-corrected chi connectivity index (χ1v) is 11.3. The molecule has 2 aliphatic carbocycles. The van der Waals surface area contributed by atoms with Gasteiger partial charge in [0.2, 0.25) is 0 Å². The van der Waals surface area contributed by atoms with Gasteiger partial charge in [0.1, 0.15) is 11.6 Å². The van der Waals surface area contributed by atoms with Crippen LogP contribution in [0, 0.1) is 11.7 Å². The molecular weight excluding hydrogens is 421 g/mol. The van der Waals surface area contributed by atoms with Gasteiger partial charge < -0.3 is 15.5 Å². The second kappa shape index (κ2) is 7.23. The molecule has 2 N–H and O–H groups in total. The standard InChI is InChI=1S/C25H24FN5O2/c1-14(32)23-27-11-8-21(29-23)31-13-16-12-18(16)22-19(31)6-7-20(28-22)25(9-10-25)30-24(33)15-2-4-17(26)5-3-15/h2-8,11,16,18,23,29H,9-10,12-13H2,1H3,(H,30,33). The smallest absolute Gasteiger partial charge is 0.252 e. The largest absolute Gasteiger partial charge is 0.344 e. The van der Waals surface area contributed by atoms with Gasteiger partial charge in [-0.15, -0.1) is 0 Å². The summed E-state index contributed by atoms with van der Waals surface area (Å²) in [6, 6.07) is 9.65. The van der Waals surface area contributed by atoms with Crippen molar-refractivity contribution >= 4 is 23.6 Å². The number of fused-ring (bicyclic) bond motifs is 3. The molecule has 3 unspecified atom stereocenters. The number of nitrogens with zero attached hydrogens (tertiary/aromatic N) is 3. The van der Waals surface area contributed by atoms with Gasteiger partial charge in [-0.05, 0) is 74.6 Å². The van der Waals surface area contributed by atoms with Gasteiger partial charge in [-0.2, -0.15) is 0 Å². The second-order valence-electron chi connectivity index (χ2n) is 9.36. The molecule has 168 valence electrons. The van der Waals surface area contributed by atoms with Gasteiger partial charge in [0.15, 0.2) is 11.9 Å². The SMILES string of the molecule is CC(=O)C1N=CC=C(N2CC3CC3c3nc(C4(NC(=O)c5ccc(F)cc5)CC4)ccc32)N1. The maximum Gasteiger partial charge on any atom is 0.252 e. The van der Waals surface area contributed by atoms with Crippen LogP contribution in [0.1, 0.15) is 53.8 Å². The lowest BCUT2D eigenvalue weighted by atomic mass is 10.0. The molecule has 7 nitrogen and oxygen atoms in total. The molecule has 33 heavy (non-hydrogen) atoms. The van der Waals surface area contributed by atoms with Crippen LogP contribution in [-0.2, 0) is 10.3 Å². The van der Waals surface area contributed by atoms with Crippen LogP contribution in [0.25, 0.3) is 0 Å². The second-order valence-corrected chi connectivity index (χ2v) is 9.36. The molecule has 6 rings (SSSR count). The van der Waals surface area contributed by atoms with Crippen molar-refractivity contribution in [3.05, 3.63) is 71.1 Å². The summed E-state index contributed by atoms with van der Waals surface area (Å²) >= 11 is 0. The van der Waals surface area contributed by atoms with Crippen LogP contribution in [0.15, 0.2) is 53.3 Å². The van der Waals surface area contributed by atoms with Gasteiger partial charge in [-0.3, -0.25) is 19.6 Å². The van der Waals surface area contributed by atoms with Crippen molar-refractivity contribution in [3.8, 4) is 0 Å². The molecule has 4 aliphatic rings. The monoisotopic (exact) mass is 445 g/mol. The van der Waals surface area contributed by atoms with Crippen LogP contribution >= 0.6 is 0 Å². The summed E-state index contributed by atoms with van der Waals surface area (Å²) in [6.45, 7) is 2.41. The van der Waals surface area contributed by atoms with Crippen molar-refractivity contribution in [3.63, 3.8) is 0 Å². The lowest BCUT2D eigenvalue weighted by Crippen LogP contribution is -2.44. The van der Waals surface area contributed by atoms with Crippen LogP contribution in [0.3, 0.4) is 0 Å². The number of hydrogen-bond donors (Lipinski definition) is 2. The molecule has 3 atom stereocenters. The molecule has 2 aliphatic heterocycles. The lowest BCUT2D eigenvalue weighted by molar-refractivity contribution is -0.118. The minimum absolute atomic E-state index is 0.0283. The third-order valence-corrected chi connectivity index (χ3v) is 7.01. The van der Waals surface area contributed by atoms with E-state index in [0.717, 1.165) is 48.7 Å². The van der Waals surface area contributed by atoms with Crippen molar-refractivity contribution in [1.29, 1.82) is 0 Å². The predicted octanol–water partition coefficient (Wildman–Crippen LogP) is 2.99. The predicted molar refractivity (Wildman–Crippen MR) is 121 cm³/mol.